The summed E-state index contributed by atoms with van der Waals surface area (Å²) < 4.78 is 17.4. The second-order valence-corrected chi connectivity index (χ2v) is 16.1. The van der Waals surface area contributed by atoms with Crippen LogP contribution in [0.4, 0.5) is 0 Å². The molecule has 58 heavy (non-hydrogen) atoms. The van der Waals surface area contributed by atoms with Gasteiger partial charge >= 0.3 is 0 Å². The van der Waals surface area contributed by atoms with Crippen molar-refractivity contribution in [2.45, 2.75) is 102 Å². The van der Waals surface area contributed by atoms with Crippen LogP contribution in [0.1, 0.15) is 137 Å². The Labute approximate surface area is 347 Å². The molecule has 2 aromatic rings. The van der Waals surface area contributed by atoms with Crippen molar-refractivity contribution in [3.63, 3.8) is 0 Å². The summed E-state index contributed by atoms with van der Waals surface area (Å²) in [7, 11) is 10.9. The molecule has 324 valence electrons. The quantitative estimate of drug-likeness (QED) is 0.0617. The van der Waals surface area contributed by atoms with E-state index in [4.69, 9.17) is 25.7 Å². The maximum Gasteiger partial charge on any atom is 0.255 e. The van der Waals surface area contributed by atoms with E-state index in [0.717, 1.165) is 69.9 Å². The van der Waals surface area contributed by atoms with E-state index in [1.54, 1.807) is 18.2 Å². The third kappa shape index (κ3) is 16.0. The van der Waals surface area contributed by atoms with Crippen molar-refractivity contribution in [2.24, 2.45) is 17.4 Å². The zero-order valence-corrected chi connectivity index (χ0v) is 36.2. The van der Waals surface area contributed by atoms with Crippen molar-refractivity contribution in [1.29, 1.82) is 0 Å². The molecule has 0 spiro atoms. The topological polar surface area (TPSA) is 179 Å². The number of Topliss-reactive ketones (excluding diaryl/α,β-unsaturated/α-hetero) is 2. The first-order chi connectivity index (χ1) is 27.9. The molecule has 0 atom stereocenters. The van der Waals surface area contributed by atoms with Crippen LogP contribution < -0.4 is 36.3 Å². The number of benzene rings is 2. The van der Waals surface area contributed by atoms with E-state index in [0.29, 0.717) is 111 Å². The molecule has 1 aliphatic carbocycles. The van der Waals surface area contributed by atoms with E-state index in [2.05, 4.69) is 10.6 Å². The normalized spacial score (nSPS) is 15.3. The Bertz CT molecular complexity index is 1610. The van der Waals surface area contributed by atoms with Crippen LogP contribution in [0.25, 0.3) is 0 Å². The lowest BCUT2D eigenvalue weighted by Gasteiger charge is -2.29. The van der Waals surface area contributed by atoms with Gasteiger partial charge in [-0.2, -0.15) is 0 Å². The number of ether oxygens (including phenoxy) is 3. The second kappa shape index (κ2) is 26.1. The molecule has 0 heterocycles. The molecule has 1 saturated carbocycles. The molecule has 13 nitrogen and oxygen atoms in total. The number of nitrogens with one attached hydrogen (secondary N) is 2. The number of unbranched alkanes of at least 4 members (excludes halogenated alkanes) is 5. The first kappa shape index (κ1) is 48.3. The number of nitrogens with zero attached hydrogens (tertiary/aromatic N) is 2. The predicted octanol–water partition coefficient (Wildman–Crippen LogP) is 5.65. The SMILES string of the molecule is COc1cc(OC)c(C(=O)CC2CCC(NC(=O)c3cc(C(=O)NCCN(C)C)c(CCCCCCN)cc3OCCCCCN)CC2)cc1C(=O)CCCN(C)C. The van der Waals surface area contributed by atoms with Crippen molar-refractivity contribution in [3.8, 4) is 17.2 Å². The summed E-state index contributed by atoms with van der Waals surface area (Å²) in [6.07, 6.45) is 11.4. The van der Waals surface area contributed by atoms with Gasteiger partial charge in [0.15, 0.2) is 11.6 Å². The molecule has 0 aliphatic heterocycles. The summed E-state index contributed by atoms with van der Waals surface area (Å²) in [6.45, 7) is 3.67. The average Bonchev–Trinajstić information content (AvgIpc) is 3.20. The monoisotopic (exact) mass is 809 g/mol. The smallest absolute Gasteiger partial charge is 0.255 e. The number of amides is 2. The molecule has 2 aromatic carbocycles. The summed E-state index contributed by atoms with van der Waals surface area (Å²) in [5.41, 5.74) is 13.9. The molecule has 2 amide bonds. The molecular weight excluding hydrogens is 737 g/mol. The highest BCUT2D eigenvalue weighted by atomic mass is 16.5. The van der Waals surface area contributed by atoms with Gasteiger partial charge in [-0.25, -0.2) is 0 Å². The van der Waals surface area contributed by atoms with Crippen LogP contribution in [0, 0.1) is 5.92 Å². The Morgan fingerprint density at radius 1 is 0.655 bits per heavy atom. The van der Waals surface area contributed by atoms with Crippen LogP contribution in [0.5, 0.6) is 17.2 Å². The number of carbonyl (C=O) groups excluding carboxylic acids is 4. The van der Waals surface area contributed by atoms with E-state index >= 15 is 0 Å². The molecular formula is C45H72N6O7. The van der Waals surface area contributed by atoms with Crippen LogP contribution in [-0.2, 0) is 6.42 Å². The minimum Gasteiger partial charge on any atom is -0.496 e. The molecule has 0 unspecified atom stereocenters. The number of likely N-dealkylation sites (N-methyl/N-ethyl adjacent to an activating group) is 1. The highest BCUT2D eigenvalue weighted by molar-refractivity contribution is 6.05. The van der Waals surface area contributed by atoms with Gasteiger partial charge in [0.05, 0.1) is 37.5 Å². The zero-order valence-electron chi connectivity index (χ0n) is 36.2. The van der Waals surface area contributed by atoms with Crippen LogP contribution in [0.2, 0.25) is 0 Å². The van der Waals surface area contributed by atoms with Crippen molar-refractivity contribution in [1.82, 2.24) is 20.4 Å². The number of methoxy groups -OCH3 is 2. The van der Waals surface area contributed by atoms with Gasteiger partial charge in [-0.15, -0.1) is 0 Å². The summed E-state index contributed by atoms with van der Waals surface area (Å²) in [6, 6.07) is 6.76. The second-order valence-electron chi connectivity index (χ2n) is 16.1. The molecule has 0 bridgehead atoms. The van der Waals surface area contributed by atoms with Gasteiger partial charge in [0.1, 0.15) is 17.2 Å². The first-order valence-corrected chi connectivity index (χ1v) is 21.3. The average molecular weight is 809 g/mol. The maximum atomic E-state index is 14.1. The highest BCUT2D eigenvalue weighted by Crippen LogP contribution is 2.35. The number of aryl methyl sites for hydroxylation is 1. The molecule has 6 N–H and O–H groups in total. The minimum absolute atomic E-state index is 0.0724. The number of ketones is 2. The Kier molecular flexibility index (Phi) is 21.8. The number of nitrogens with two attached hydrogens (primary N) is 2. The minimum atomic E-state index is -0.279. The van der Waals surface area contributed by atoms with E-state index in [1.165, 1.54) is 14.2 Å². The molecule has 0 saturated heterocycles. The summed E-state index contributed by atoms with van der Waals surface area (Å²) in [5, 5.41) is 6.27. The van der Waals surface area contributed by atoms with Crippen LogP contribution in [0.3, 0.4) is 0 Å². The standard InChI is InChI=1S/C45H72N6O7/c1-50(2)24-14-16-39(52)36-30-37(42(57-6)31-41(36)56-5)40(53)27-32-17-19-34(20-18-32)49-45(55)38-29-35(44(54)48-23-25-51(3)4)33(15-10-7-8-11-21-46)28-43(38)58-26-13-9-12-22-47/h28-32,34H,7-27,46-47H2,1-6H3,(H,48,54)(H,49,55). The molecule has 1 fully saturated rings. The predicted molar refractivity (Wildman–Crippen MR) is 231 cm³/mol. The lowest BCUT2D eigenvalue weighted by molar-refractivity contribution is 0.0891. The summed E-state index contributed by atoms with van der Waals surface area (Å²) in [4.78, 5) is 58.7. The van der Waals surface area contributed by atoms with Crippen molar-refractivity contribution >= 4 is 23.4 Å². The van der Waals surface area contributed by atoms with E-state index in [-0.39, 0.29) is 35.3 Å². The number of carbonyl (C=O) groups is 4. The molecule has 13 heteroatoms. The molecule has 0 aromatic heterocycles. The third-order valence-electron chi connectivity index (χ3n) is 10.8. The zero-order chi connectivity index (χ0) is 42.5. The number of hydrogen-bond donors (Lipinski definition) is 4. The van der Waals surface area contributed by atoms with E-state index < -0.39 is 0 Å². The van der Waals surface area contributed by atoms with Crippen molar-refractivity contribution < 1.29 is 33.4 Å². The number of hydrogen-bond acceptors (Lipinski definition) is 11. The van der Waals surface area contributed by atoms with Gasteiger partial charge in [0.25, 0.3) is 11.8 Å². The van der Waals surface area contributed by atoms with E-state index in [1.807, 2.05) is 44.1 Å². The first-order valence-electron chi connectivity index (χ1n) is 21.3. The van der Waals surface area contributed by atoms with Gasteiger partial charge in [-0.1, -0.05) is 12.8 Å². The molecule has 0 radical (unpaired) electrons. The Morgan fingerprint density at radius 3 is 1.88 bits per heavy atom. The van der Waals surface area contributed by atoms with Crippen molar-refractivity contribution in [3.05, 3.63) is 52.1 Å². The third-order valence-corrected chi connectivity index (χ3v) is 10.8. The largest absolute Gasteiger partial charge is 0.496 e. The lowest BCUT2D eigenvalue weighted by atomic mass is 9.82. The number of rotatable bonds is 28. The Balaban J connectivity index is 1.76. The lowest BCUT2D eigenvalue weighted by Crippen LogP contribution is -2.38. The fourth-order valence-electron chi connectivity index (χ4n) is 7.42. The van der Waals surface area contributed by atoms with Crippen LogP contribution in [0.15, 0.2) is 24.3 Å². The van der Waals surface area contributed by atoms with Gasteiger partial charge in [0, 0.05) is 43.6 Å². The molecule has 1 aliphatic rings. The maximum absolute atomic E-state index is 14.1. The van der Waals surface area contributed by atoms with E-state index in [9.17, 15) is 19.2 Å². The summed E-state index contributed by atoms with van der Waals surface area (Å²) >= 11 is 0. The van der Waals surface area contributed by atoms with Gasteiger partial charge < -0.3 is 46.1 Å². The fraction of sp³-hybridized carbons (Fsp3) is 0.644. The van der Waals surface area contributed by atoms with Crippen molar-refractivity contribution in [2.75, 3.05) is 81.7 Å². The summed E-state index contributed by atoms with van der Waals surface area (Å²) in [5.74, 6) is 0.727. The highest BCUT2D eigenvalue weighted by Gasteiger charge is 2.29. The van der Waals surface area contributed by atoms with Gasteiger partial charge in [-0.05, 0) is 148 Å². The molecule has 3 rings (SSSR count). The Hall–Kier alpha value is -4.04. The van der Waals surface area contributed by atoms with Gasteiger partial charge in [-0.3, -0.25) is 19.2 Å². The Morgan fingerprint density at radius 2 is 1.26 bits per heavy atom. The van der Waals surface area contributed by atoms with Gasteiger partial charge in [0.2, 0.25) is 0 Å². The van der Waals surface area contributed by atoms with Crippen LogP contribution in [-0.4, -0.2) is 121 Å². The van der Waals surface area contributed by atoms with Crippen LogP contribution >= 0.6 is 0 Å². The fourth-order valence-corrected chi connectivity index (χ4v) is 7.42.